The summed E-state index contributed by atoms with van der Waals surface area (Å²) < 4.78 is 21.0. The molecule has 9 nitrogen and oxygen atoms in total. The molecule has 0 radical (unpaired) electrons. The van der Waals surface area contributed by atoms with Crippen LogP contribution in [0, 0.1) is 0 Å². The number of methoxy groups -OCH3 is 1. The number of benzene rings is 1. The monoisotopic (exact) mass is 435 g/mol. The molecule has 0 atom stereocenters. The summed E-state index contributed by atoms with van der Waals surface area (Å²) in [7, 11) is 3.73. The van der Waals surface area contributed by atoms with Crippen molar-refractivity contribution in [2.24, 2.45) is 0 Å². The molecule has 0 aromatic heterocycles. The molecule has 1 aliphatic rings. The first-order valence-corrected chi connectivity index (χ1v) is 10.5. The molecule has 2 rings (SSSR count). The number of anilines is 2. The Morgan fingerprint density at radius 1 is 1.03 bits per heavy atom. The largest absolute Gasteiger partial charge is 0.489 e. The number of piperazine rings is 1. The molecule has 9 heteroatoms. The predicted octanol–water partition coefficient (Wildman–Crippen LogP) is 1.89. The van der Waals surface area contributed by atoms with Gasteiger partial charge in [-0.1, -0.05) is 0 Å². The summed E-state index contributed by atoms with van der Waals surface area (Å²) in [5, 5.41) is 2.99. The van der Waals surface area contributed by atoms with Gasteiger partial charge in [0.15, 0.2) is 5.57 Å². The number of nitrogens with zero attached hydrogens (tertiary/aromatic N) is 2. The molecular formula is C22H33N3O6. The highest BCUT2D eigenvalue weighted by Crippen LogP contribution is 2.32. The van der Waals surface area contributed by atoms with Crippen LogP contribution in [0.15, 0.2) is 30.0 Å². The van der Waals surface area contributed by atoms with Gasteiger partial charge in [0, 0.05) is 51.2 Å². The average Bonchev–Trinajstić information content (AvgIpc) is 2.75. The van der Waals surface area contributed by atoms with Gasteiger partial charge in [-0.05, 0) is 33.0 Å². The third-order valence-electron chi connectivity index (χ3n) is 4.72. The summed E-state index contributed by atoms with van der Waals surface area (Å²) in [6, 6.07) is 5.69. The molecule has 1 aromatic rings. The van der Waals surface area contributed by atoms with E-state index in [1.807, 2.05) is 18.2 Å². The van der Waals surface area contributed by atoms with Crippen LogP contribution >= 0.6 is 0 Å². The van der Waals surface area contributed by atoms with Crippen molar-refractivity contribution in [3.05, 3.63) is 30.0 Å². The van der Waals surface area contributed by atoms with E-state index in [9.17, 15) is 9.59 Å². The molecule has 0 saturated carbocycles. The zero-order valence-electron chi connectivity index (χ0n) is 18.8. The van der Waals surface area contributed by atoms with Crippen molar-refractivity contribution in [2.75, 3.05) is 77.0 Å². The lowest BCUT2D eigenvalue weighted by Gasteiger charge is -2.35. The quantitative estimate of drug-likeness (QED) is 0.184. The molecular weight excluding hydrogens is 402 g/mol. The molecule has 1 N–H and O–H groups in total. The van der Waals surface area contributed by atoms with E-state index in [0.29, 0.717) is 24.7 Å². The number of rotatable bonds is 11. The molecule has 0 spiro atoms. The summed E-state index contributed by atoms with van der Waals surface area (Å²) in [5.41, 5.74) is 1.46. The van der Waals surface area contributed by atoms with Gasteiger partial charge in [0.2, 0.25) is 0 Å². The number of hydrogen-bond acceptors (Lipinski definition) is 9. The molecule has 172 valence electrons. The summed E-state index contributed by atoms with van der Waals surface area (Å²) in [6.07, 6.45) is 1.31. The Morgan fingerprint density at radius 3 is 2.26 bits per heavy atom. The highest BCUT2D eigenvalue weighted by atomic mass is 16.6. The number of carbonyl (C=O) groups excluding carboxylic acids is 2. The Balaban J connectivity index is 2.24. The second-order valence-corrected chi connectivity index (χ2v) is 6.96. The first kappa shape index (κ1) is 24.5. The van der Waals surface area contributed by atoms with Crippen molar-refractivity contribution in [2.45, 2.75) is 13.8 Å². The SMILES string of the molecule is CCOC(=O)C(=CNc1ccc(N2CCN(C)CC2)c(OCCOC)c1)C(=O)OCC. The van der Waals surface area contributed by atoms with Crippen molar-refractivity contribution >= 4 is 23.3 Å². The first-order chi connectivity index (χ1) is 15.0. The van der Waals surface area contributed by atoms with Crippen LogP contribution < -0.4 is 15.0 Å². The highest BCUT2D eigenvalue weighted by molar-refractivity contribution is 6.14. The van der Waals surface area contributed by atoms with Gasteiger partial charge in [-0.3, -0.25) is 0 Å². The number of esters is 2. The molecule has 1 aromatic carbocycles. The minimum absolute atomic E-state index is 0.160. The van der Waals surface area contributed by atoms with Gasteiger partial charge in [-0.2, -0.15) is 0 Å². The fourth-order valence-electron chi connectivity index (χ4n) is 3.04. The Kier molecular flexibility index (Phi) is 10.1. The minimum atomic E-state index is -0.737. The number of hydrogen-bond donors (Lipinski definition) is 1. The van der Waals surface area contributed by atoms with Crippen molar-refractivity contribution in [3.63, 3.8) is 0 Å². The van der Waals surface area contributed by atoms with E-state index in [0.717, 1.165) is 31.9 Å². The molecule has 1 fully saturated rings. The molecule has 31 heavy (non-hydrogen) atoms. The van der Waals surface area contributed by atoms with E-state index in [4.69, 9.17) is 18.9 Å². The smallest absolute Gasteiger partial charge is 0.347 e. The fraction of sp³-hybridized carbons (Fsp3) is 0.545. The molecule has 1 aliphatic heterocycles. The number of carbonyl (C=O) groups is 2. The first-order valence-electron chi connectivity index (χ1n) is 10.5. The zero-order chi connectivity index (χ0) is 22.6. The van der Waals surface area contributed by atoms with Crippen LogP contribution in [-0.4, -0.2) is 83.6 Å². The second kappa shape index (κ2) is 12.8. The molecule has 0 bridgehead atoms. The number of likely N-dealkylation sites (N-methyl/N-ethyl adjacent to an activating group) is 1. The van der Waals surface area contributed by atoms with Gasteiger partial charge in [0.05, 0.1) is 25.5 Å². The Morgan fingerprint density at radius 2 is 1.68 bits per heavy atom. The topological polar surface area (TPSA) is 89.6 Å². The van der Waals surface area contributed by atoms with Crippen LogP contribution in [0.4, 0.5) is 11.4 Å². The summed E-state index contributed by atoms with van der Waals surface area (Å²) >= 11 is 0. The third-order valence-corrected chi connectivity index (χ3v) is 4.72. The van der Waals surface area contributed by atoms with Crippen LogP contribution in [-0.2, 0) is 23.8 Å². The van der Waals surface area contributed by atoms with Gasteiger partial charge in [0.1, 0.15) is 12.4 Å². The fourth-order valence-corrected chi connectivity index (χ4v) is 3.04. The van der Waals surface area contributed by atoms with Crippen molar-refractivity contribution in [1.82, 2.24) is 4.90 Å². The standard InChI is InChI=1S/C22H33N3O6/c1-5-29-21(26)18(22(27)30-6-2)16-23-17-7-8-19(20(15-17)31-14-13-28-4)25-11-9-24(3)10-12-25/h7-8,15-16,23H,5-6,9-14H2,1-4H3. The molecule has 0 aliphatic carbocycles. The molecule has 1 heterocycles. The van der Waals surface area contributed by atoms with Crippen LogP contribution in [0.25, 0.3) is 0 Å². The van der Waals surface area contributed by atoms with Crippen molar-refractivity contribution < 1.29 is 28.5 Å². The van der Waals surface area contributed by atoms with Crippen LogP contribution in [0.3, 0.4) is 0 Å². The lowest BCUT2D eigenvalue weighted by molar-refractivity contribution is -0.146. The average molecular weight is 436 g/mol. The number of ether oxygens (including phenoxy) is 4. The van der Waals surface area contributed by atoms with Gasteiger partial charge in [-0.15, -0.1) is 0 Å². The maximum atomic E-state index is 12.1. The minimum Gasteiger partial charge on any atom is -0.489 e. The van der Waals surface area contributed by atoms with Gasteiger partial charge in [-0.25, -0.2) is 9.59 Å². The third kappa shape index (κ3) is 7.45. The highest BCUT2D eigenvalue weighted by Gasteiger charge is 2.22. The van der Waals surface area contributed by atoms with Gasteiger partial charge >= 0.3 is 11.9 Å². The maximum Gasteiger partial charge on any atom is 0.347 e. The van der Waals surface area contributed by atoms with Crippen LogP contribution in [0.2, 0.25) is 0 Å². The Bertz CT molecular complexity index is 740. The lowest BCUT2D eigenvalue weighted by atomic mass is 10.2. The molecule has 0 amide bonds. The van der Waals surface area contributed by atoms with Crippen molar-refractivity contribution in [1.29, 1.82) is 0 Å². The predicted molar refractivity (Wildman–Crippen MR) is 118 cm³/mol. The van der Waals surface area contributed by atoms with Crippen LogP contribution in [0.5, 0.6) is 5.75 Å². The van der Waals surface area contributed by atoms with E-state index in [-0.39, 0.29) is 18.8 Å². The second-order valence-electron chi connectivity index (χ2n) is 6.96. The molecule has 1 saturated heterocycles. The summed E-state index contributed by atoms with van der Waals surface area (Å²) in [5.74, 6) is -0.771. The van der Waals surface area contributed by atoms with Crippen LogP contribution in [0.1, 0.15) is 13.8 Å². The Hall–Kier alpha value is -2.78. The molecule has 0 unspecified atom stereocenters. The lowest BCUT2D eigenvalue weighted by Crippen LogP contribution is -2.44. The maximum absolute atomic E-state index is 12.1. The summed E-state index contributed by atoms with van der Waals surface area (Å²) in [6.45, 7) is 8.30. The van der Waals surface area contributed by atoms with E-state index in [1.165, 1.54) is 6.20 Å². The van der Waals surface area contributed by atoms with E-state index >= 15 is 0 Å². The van der Waals surface area contributed by atoms with Crippen molar-refractivity contribution in [3.8, 4) is 5.75 Å². The normalized spacial score (nSPS) is 14.0. The van der Waals surface area contributed by atoms with E-state index in [2.05, 4.69) is 22.2 Å². The van der Waals surface area contributed by atoms with E-state index in [1.54, 1.807) is 21.0 Å². The van der Waals surface area contributed by atoms with Gasteiger partial charge in [0.25, 0.3) is 0 Å². The van der Waals surface area contributed by atoms with E-state index < -0.39 is 11.9 Å². The Labute approximate surface area is 183 Å². The summed E-state index contributed by atoms with van der Waals surface area (Å²) in [4.78, 5) is 28.8. The zero-order valence-corrected chi connectivity index (χ0v) is 18.8. The number of nitrogens with one attached hydrogen (secondary N) is 1. The van der Waals surface area contributed by atoms with Gasteiger partial charge < -0.3 is 34.1 Å².